The molecule has 15 heteroatoms. The average Bonchev–Trinajstić information content (AvgIpc) is 3.59. The molecule has 0 saturated heterocycles. The van der Waals surface area contributed by atoms with Crippen molar-refractivity contribution in [2.75, 3.05) is 26.8 Å². The van der Waals surface area contributed by atoms with Crippen molar-refractivity contribution in [1.29, 1.82) is 0 Å². The van der Waals surface area contributed by atoms with Crippen LogP contribution in [0.5, 0.6) is 11.5 Å². The molecule has 0 radical (unpaired) electrons. The summed E-state index contributed by atoms with van der Waals surface area (Å²) in [6, 6.07) is 17.9. The van der Waals surface area contributed by atoms with Crippen LogP contribution in [-0.2, 0) is 57.6 Å². The highest BCUT2D eigenvalue weighted by molar-refractivity contribution is 5.94. The Morgan fingerprint density at radius 1 is 0.750 bits per heavy atom. The van der Waals surface area contributed by atoms with Crippen molar-refractivity contribution in [3.05, 3.63) is 95.1 Å². The van der Waals surface area contributed by atoms with E-state index in [4.69, 9.17) is 9.47 Å². The molecule has 2 fully saturated rings. The molecule has 7 atom stereocenters. The Bertz CT molecular complexity index is 2180. The van der Waals surface area contributed by atoms with Gasteiger partial charge in [0.25, 0.3) is 5.91 Å². The molecule has 2 saturated carbocycles. The number of amides is 5. The van der Waals surface area contributed by atoms with E-state index in [1.54, 1.807) is 36.4 Å². The number of hydrogen-bond donors (Lipinski definition) is 6. The minimum Gasteiger partial charge on any atom is -0.508 e. The number of Topliss-reactive ketones (excluding diaryl/α,β-unsaturated/α-hetero) is 1. The summed E-state index contributed by atoms with van der Waals surface area (Å²) in [7, 11) is 1.23. The number of carbonyl (C=O) groups is 7. The molecule has 64 heavy (non-hydrogen) atoms. The molecule has 0 aromatic heterocycles. The second kappa shape index (κ2) is 21.4. The first-order valence-electron chi connectivity index (χ1n) is 22.3. The maximum atomic E-state index is 13.5. The van der Waals surface area contributed by atoms with E-state index in [1.807, 2.05) is 32.0 Å². The molecule has 0 aliphatic heterocycles. The second-order valence-electron chi connectivity index (χ2n) is 18.0. The maximum absolute atomic E-state index is 13.5. The van der Waals surface area contributed by atoms with Crippen molar-refractivity contribution < 1.29 is 48.1 Å². The van der Waals surface area contributed by atoms with E-state index in [2.05, 4.69) is 39.6 Å². The van der Waals surface area contributed by atoms with Crippen LogP contribution in [0.3, 0.4) is 0 Å². The molecule has 5 amide bonds. The van der Waals surface area contributed by atoms with Crippen molar-refractivity contribution in [3.8, 4) is 11.5 Å². The number of esters is 1. The van der Waals surface area contributed by atoms with E-state index >= 15 is 0 Å². The predicted molar refractivity (Wildman–Crippen MR) is 237 cm³/mol. The fraction of sp³-hybridized carbons (Fsp3) is 0.490. The van der Waals surface area contributed by atoms with E-state index < -0.39 is 66.7 Å². The summed E-state index contributed by atoms with van der Waals surface area (Å²) in [6.07, 6.45) is 5.90. The third kappa shape index (κ3) is 12.1. The molecule has 0 bridgehead atoms. The highest BCUT2D eigenvalue weighted by Gasteiger charge is 2.54. The largest absolute Gasteiger partial charge is 0.508 e. The first-order valence-corrected chi connectivity index (χ1v) is 22.3. The number of aromatic hydroxyl groups is 1. The van der Waals surface area contributed by atoms with Gasteiger partial charge in [-0.1, -0.05) is 69.3 Å². The first-order chi connectivity index (χ1) is 30.6. The van der Waals surface area contributed by atoms with Gasteiger partial charge in [-0.05, 0) is 109 Å². The van der Waals surface area contributed by atoms with Gasteiger partial charge < -0.3 is 41.2 Å². The summed E-state index contributed by atoms with van der Waals surface area (Å²) in [5.74, 6) is -1.47. The summed E-state index contributed by atoms with van der Waals surface area (Å²) in [5.41, 5.74) is 3.68. The molecule has 15 nitrogen and oxygen atoms in total. The van der Waals surface area contributed by atoms with Crippen molar-refractivity contribution in [2.45, 2.75) is 103 Å². The Hall–Kier alpha value is -6.25. The fourth-order valence-corrected chi connectivity index (χ4v) is 9.82. The molecule has 3 aromatic rings. The number of phenolic OH excluding ortho intramolecular Hbond substituents is 1. The smallest absolute Gasteiger partial charge is 0.328 e. The topological polar surface area (TPSA) is 218 Å². The zero-order chi connectivity index (χ0) is 46.0. The van der Waals surface area contributed by atoms with Gasteiger partial charge in [0.1, 0.15) is 35.4 Å². The molecule has 342 valence electrons. The summed E-state index contributed by atoms with van der Waals surface area (Å²) < 4.78 is 10.8. The van der Waals surface area contributed by atoms with E-state index in [-0.39, 0.29) is 36.5 Å². The number of fused-ring (bicyclic) bond motifs is 5. The SMILES string of the molecule is COC(=O)[C@H](CC(C)C)NC(=O)[C@H](Cc1ccccc1)NC(=O)CNC(=O)CNC(=O)[C@H](Cc1ccc(O)cc1)NC(=O)COc1ccc2c(c1)CC[C@@H]1[C@@H]2CC[C@]2(C)C(=O)CC[C@@H]12. The number of ether oxygens (including phenoxy) is 2. The van der Waals surface area contributed by atoms with Gasteiger partial charge in [0, 0.05) is 24.7 Å². The third-order valence-corrected chi connectivity index (χ3v) is 13.1. The van der Waals surface area contributed by atoms with E-state index in [9.17, 15) is 38.7 Å². The van der Waals surface area contributed by atoms with Crippen LogP contribution in [0.2, 0.25) is 0 Å². The summed E-state index contributed by atoms with van der Waals surface area (Å²) in [4.78, 5) is 91.3. The van der Waals surface area contributed by atoms with Crippen LogP contribution in [0, 0.1) is 23.2 Å². The normalized spacial score (nSPS) is 21.1. The van der Waals surface area contributed by atoms with Gasteiger partial charge in [-0.2, -0.15) is 0 Å². The molecule has 6 rings (SSSR count). The van der Waals surface area contributed by atoms with Gasteiger partial charge in [-0.15, -0.1) is 0 Å². The van der Waals surface area contributed by atoms with Gasteiger partial charge in [0.05, 0.1) is 20.2 Å². The first kappa shape index (κ1) is 47.2. The predicted octanol–water partition coefficient (Wildman–Crippen LogP) is 3.59. The molecular weight excluding hydrogens is 819 g/mol. The molecule has 3 aliphatic rings. The Labute approximate surface area is 374 Å². The molecular formula is C49H61N5O10. The van der Waals surface area contributed by atoms with Crippen molar-refractivity contribution in [3.63, 3.8) is 0 Å². The number of methoxy groups -OCH3 is 1. The van der Waals surface area contributed by atoms with Gasteiger partial charge in [-0.25, -0.2) is 4.79 Å². The number of ketones is 1. The maximum Gasteiger partial charge on any atom is 0.328 e. The molecule has 0 heterocycles. The number of hydrogen-bond acceptors (Lipinski definition) is 10. The number of aryl methyl sites for hydroxylation is 1. The van der Waals surface area contributed by atoms with E-state index in [0.29, 0.717) is 47.7 Å². The number of rotatable bonds is 19. The Balaban J connectivity index is 1.01. The number of nitrogens with one attached hydrogen (secondary N) is 5. The average molecular weight is 880 g/mol. The number of phenols is 1. The Kier molecular flexibility index (Phi) is 15.8. The summed E-state index contributed by atoms with van der Waals surface area (Å²) in [6.45, 7) is 4.54. The summed E-state index contributed by atoms with van der Waals surface area (Å²) >= 11 is 0. The number of carbonyl (C=O) groups excluding carboxylic acids is 7. The van der Waals surface area contributed by atoms with Gasteiger partial charge in [0.15, 0.2) is 6.61 Å². The third-order valence-electron chi connectivity index (χ3n) is 13.1. The second-order valence-corrected chi connectivity index (χ2v) is 18.0. The van der Waals surface area contributed by atoms with Crippen LogP contribution in [0.1, 0.15) is 87.5 Å². The van der Waals surface area contributed by atoms with Gasteiger partial charge >= 0.3 is 5.97 Å². The van der Waals surface area contributed by atoms with E-state index in [0.717, 1.165) is 37.7 Å². The summed E-state index contributed by atoms with van der Waals surface area (Å²) in [5, 5.41) is 22.8. The molecule has 3 aliphatic carbocycles. The minimum absolute atomic E-state index is 0.0302. The highest BCUT2D eigenvalue weighted by Crippen LogP contribution is 2.59. The fourth-order valence-electron chi connectivity index (χ4n) is 9.82. The standard InChI is InChI=1S/C49H61N5O10/c1-29(2)22-41(48(62)63-4)54-47(61)40(23-30-8-6-5-7-9-30)52-44(58)27-50-43(57)26-51-46(60)39(24-31-10-13-33(55)14-11-31)53-45(59)28-64-34-15-17-35-32(25-34)12-16-37-36(35)20-21-49(3)38(37)18-19-42(49)56/h5-11,13-15,17,25,29,36-41,55H,12,16,18-24,26-28H2,1-4H3,(H,50,57)(H,51,60)(H,52,58)(H,53,59)(H,54,61)/t36-,37-,38+,39+,40+,41+,49+/m1/s1. The van der Waals surface area contributed by atoms with Crippen LogP contribution in [-0.4, -0.2) is 91.3 Å². The Morgan fingerprint density at radius 3 is 2.12 bits per heavy atom. The quantitative estimate of drug-likeness (QED) is 0.0962. The lowest BCUT2D eigenvalue weighted by molar-refractivity contribution is -0.145. The lowest BCUT2D eigenvalue weighted by atomic mass is 9.55. The van der Waals surface area contributed by atoms with Crippen molar-refractivity contribution in [2.24, 2.45) is 23.2 Å². The van der Waals surface area contributed by atoms with E-state index in [1.165, 1.54) is 30.4 Å². The molecule has 6 N–H and O–H groups in total. The minimum atomic E-state index is -1.13. The zero-order valence-electron chi connectivity index (χ0n) is 37.1. The van der Waals surface area contributed by atoms with Crippen LogP contribution in [0.4, 0.5) is 0 Å². The molecule has 3 aromatic carbocycles. The lowest BCUT2D eigenvalue weighted by Crippen LogP contribution is -2.54. The van der Waals surface area contributed by atoms with Crippen LogP contribution in [0.15, 0.2) is 72.8 Å². The van der Waals surface area contributed by atoms with Gasteiger partial charge in [-0.3, -0.25) is 28.8 Å². The highest BCUT2D eigenvalue weighted by atomic mass is 16.5. The number of benzene rings is 3. The molecule has 0 unspecified atom stereocenters. The van der Waals surface area contributed by atoms with Crippen molar-refractivity contribution in [1.82, 2.24) is 26.6 Å². The lowest BCUT2D eigenvalue weighted by Gasteiger charge is -2.48. The monoisotopic (exact) mass is 879 g/mol. The van der Waals surface area contributed by atoms with Crippen LogP contribution >= 0.6 is 0 Å². The molecule has 0 spiro atoms. The van der Waals surface area contributed by atoms with Crippen LogP contribution in [0.25, 0.3) is 0 Å². The zero-order valence-corrected chi connectivity index (χ0v) is 37.1. The van der Waals surface area contributed by atoms with Crippen molar-refractivity contribution >= 4 is 41.3 Å². The van der Waals surface area contributed by atoms with Gasteiger partial charge in [0.2, 0.25) is 23.6 Å². The van der Waals surface area contributed by atoms with Crippen LogP contribution < -0.4 is 31.3 Å². The Morgan fingerprint density at radius 2 is 1.42 bits per heavy atom.